The van der Waals surface area contributed by atoms with Crippen LogP contribution in [-0.4, -0.2) is 9.97 Å². The minimum atomic E-state index is -0.117. The van der Waals surface area contributed by atoms with Gasteiger partial charge in [-0.2, -0.15) is 0 Å². The van der Waals surface area contributed by atoms with Gasteiger partial charge in [0.25, 0.3) is 5.56 Å². The molecular weight excluding hydrogens is 164 g/mol. The van der Waals surface area contributed by atoms with Gasteiger partial charge in [-0.05, 0) is 17.7 Å². The fourth-order valence-electron chi connectivity index (χ4n) is 1.21. The Bertz CT molecular complexity index is 514. The molecule has 0 radical (unpaired) electrons. The van der Waals surface area contributed by atoms with Crippen LogP contribution >= 0.6 is 0 Å². The van der Waals surface area contributed by atoms with Gasteiger partial charge in [0.1, 0.15) is 0 Å². The predicted octanol–water partition coefficient (Wildman–Crippen LogP) is 1.57. The Morgan fingerprint density at radius 2 is 2.31 bits per heavy atom. The van der Waals surface area contributed by atoms with Crippen molar-refractivity contribution in [2.75, 3.05) is 0 Å². The zero-order valence-electron chi connectivity index (χ0n) is 6.95. The number of nitrogens with one attached hydrogen (secondary N) is 1. The van der Waals surface area contributed by atoms with Crippen LogP contribution in [0.4, 0.5) is 0 Å². The molecule has 1 heterocycles. The Hall–Kier alpha value is -1.90. The van der Waals surface area contributed by atoms with E-state index in [1.165, 1.54) is 6.33 Å². The van der Waals surface area contributed by atoms with Gasteiger partial charge in [-0.3, -0.25) is 4.79 Å². The number of aromatic amines is 1. The second-order valence-electron chi connectivity index (χ2n) is 2.71. The van der Waals surface area contributed by atoms with Gasteiger partial charge in [0.2, 0.25) is 0 Å². The van der Waals surface area contributed by atoms with Crippen LogP contribution < -0.4 is 5.56 Å². The lowest BCUT2D eigenvalue weighted by Gasteiger charge is -1.96. The van der Waals surface area contributed by atoms with Crippen LogP contribution in [0.5, 0.6) is 0 Å². The van der Waals surface area contributed by atoms with E-state index in [1.54, 1.807) is 12.1 Å². The number of H-pyrrole nitrogens is 1. The summed E-state index contributed by atoms with van der Waals surface area (Å²) in [6, 6.07) is 5.46. The molecule has 1 aromatic heterocycles. The van der Waals surface area contributed by atoms with Crippen molar-refractivity contribution < 1.29 is 0 Å². The van der Waals surface area contributed by atoms with Crippen molar-refractivity contribution in [2.45, 2.75) is 0 Å². The molecule has 1 N–H and O–H groups in total. The van der Waals surface area contributed by atoms with Crippen molar-refractivity contribution >= 4 is 17.0 Å². The lowest BCUT2D eigenvalue weighted by molar-refractivity contribution is 1.17. The van der Waals surface area contributed by atoms with Crippen molar-refractivity contribution in [3.8, 4) is 0 Å². The largest absolute Gasteiger partial charge is 0.313 e. The number of nitrogens with zero attached hydrogens (tertiary/aromatic N) is 1. The standard InChI is InChI=1S/C10H8N2O/c1-2-7-3-4-9-8(5-7)10(13)12-6-11-9/h2-6H,1H2,(H,11,12,13). The SMILES string of the molecule is C=Cc1ccc2nc[nH]c(=O)c2c1. The molecule has 13 heavy (non-hydrogen) atoms. The molecule has 0 aliphatic rings. The van der Waals surface area contributed by atoms with Crippen LogP contribution in [0.25, 0.3) is 17.0 Å². The maximum Gasteiger partial charge on any atom is 0.258 e. The molecule has 0 saturated heterocycles. The molecule has 64 valence electrons. The molecular formula is C10H8N2O. The third kappa shape index (κ3) is 1.24. The van der Waals surface area contributed by atoms with Gasteiger partial charge in [-0.1, -0.05) is 18.7 Å². The van der Waals surface area contributed by atoms with Crippen molar-refractivity contribution in [1.82, 2.24) is 9.97 Å². The molecule has 0 spiro atoms. The quantitative estimate of drug-likeness (QED) is 0.709. The number of aromatic nitrogens is 2. The molecule has 0 amide bonds. The monoisotopic (exact) mass is 172 g/mol. The number of benzene rings is 1. The Labute approximate surface area is 74.8 Å². The van der Waals surface area contributed by atoms with E-state index in [2.05, 4.69) is 16.5 Å². The van der Waals surface area contributed by atoms with E-state index in [9.17, 15) is 4.79 Å². The first-order valence-electron chi connectivity index (χ1n) is 3.91. The van der Waals surface area contributed by atoms with Crippen LogP contribution in [0.15, 0.2) is 35.9 Å². The summed E-state index contributed by atoms with van der Waals surface area (Å²) in [6.45, 7) is 3.63. The highest BCUT2D eigenvalue weighted by atomic mass is 16.1. The van der Waals surface area contributed by atoms with E-state index in [0.29, 0.717) is 10.9 Å². The van der Waals surface area contributed by atoms with Crippen LogP contribution in [0.1, 0.15) is 5.56 Å². The molecule has 2 rings (SSSR count). The Balaban J connectivity index is 2.90. The van der Waals surface area contributed by atoms with Gasteiger partial charge in [-0.15, -0.1) is 0 Å². The van der Waals surface area contributed by atoms with Gasteiger partial charge in [-0.25, -0.2) is 4.98 Å². The molecule has 1 aromatic carbocycles. The highest BCUT2D eigenvalue weighted by Gasteiger charge is 1.98. The van der Waals surface area contributed by atoms with Gasteiger partial charge in [0.05, 0.1) is 17.2 Å². The average Bonchev–Trinajstić information content (AvgIpc) is 2.18. The van der Waals surface area contributed by atoms with Gasteiger partial charge in [0.15, 0.2) is 0 Å². The van der Waals surface area contributed by atoms with Gasteiger partial charge < -0.3 is 4.98 Å². The van der Waals surface area contributed by atoms with E-state index in [1.807, 2.05) is 12.1 Å². The van der Waals surface area contributed by atoms with Crippen molar-refractivity contribution in [3.63, 3.8) is 0 Å². The fraction of sp³-hybridized carbons (Fsp3) is 0. The minimum Gasteiger partial charge on any atom is -0.313 e. The van der Waals surface area contributed by atoms with E-state index in [0.717, 1.165) is 5.56 Å². The highest BCUT2D eigenvalue weighted by Crippen LogP contribution is 2.09. The highest BCUT2D eigenvalue weighted by molar-refractivity contribution is 5.79. The summed E-state index contributed by atoms with van der Waals surface area (Å²) in [5.74, 6) is 0. The first-order valence-corrected chi connectivity index (χ1v) is 3.91. The summed E-state index contributed by atoms with van der Waals surface area (Å²) in [5.41, 5.74) is 1.51. The van der Waals surface area contributed by atoms with E-state index in [4.69, 9.17) is 0 Å². The molecule has 0 bridgehead atoms. The molecule has 0 fully saturated rings. The van der Waals surface area contributed by atoms with E-state index in [-0.39, 0.29) is 5.56 Å². The molecule has 0 aliphatic heterocycles. The summed E-state index contributed by atoms with van der Waals surface area (Å²) in [6.07, 6.45) is 3.10. The molecule has 3 nitrogen and oxygen atoms in total. The first-order chi connectivity index (χ1) is 6.31. The second-order valence-corrected chi connectivity index (χ2v) is 2.71. The van der Waals surface area contributed by atoms with E-state index >= 15 is 0 Å². The van der Waals surface area contributed by atoms with Crippen molar-refractivity contribution in [1.29, 1.82) is 0 Å². The Morgan fingerprint density at radius 1 is 1.46 bits per heavy atom. The summed E-state index contributed by atoms with van der Waals surface area (Å²) in [5, 5.41) is 0.597. The minimum absolute atomic E-state index is 0.117. The summed E-state index contributed by atoms with van der Waals surface area (Å²) in [4.78, 5) is 17.9. The fourth-order valence-corrected chi connectivity index (χ4v) is 1.21. The number of fused-ring (bicyclic) bond motifs is 1. The van der Waals surface area contributed by atoms with Crippen molar-refractivity contribution in [3.05, 3.63) is 47.0 Å². The summed E-state index contributed by atoms with van der Waals surface area (Å²) in [7, 11) is 0. The lowest BCUT2D eigenvalue weighted by Crippen LogP contribution is -2.05. The molecule has 2 aromatic rings. The van der Waals surface area contributed by atoms with Crippen molar-refractivity contribution in [2.24, 2.45) is 0 Å². The zero-order valence-corrected chi connectivity index (χ0v) is 6.95. The average molecular weight is 172 g/mol. The molecule has 0 unspecified atom stereocenters. The second kappa shape index (κ2) is 2.86. The topological polar surface area (TPSA) is 45.8 Å². The predicted molar refractivity (Wildman–Crippen MR) is 52.5 cm³/mol. The van der Waals surface area contributed by atoms with Crippen LogP contribution in [0.3, 0.4) is 0 Å². The van der Waals surface area contributed by atoms with Gasteiger partial charge in [0, 0.05) is 0 Å². The van der Waals surface area contributed by atoms with E-state index < -0.39 is 0 Å². The number of hydrogen-bond donors (Lipinski definition) is 1. The smallest absolute Gasteiger partial charge is 0.258 e. The number of rotatable bonds is 1. The normalized spacial score (nSPS) is 10.2. The van der Waals surface area contributed by atoms with Gasteiger partial charge >= 0.3 is 0 Å². The third-order valence-electron chi connectivity index (χ3n) is 1.90. The van der Waals surface area contributed by atoms with Crippen LogP contribution in [0, 0.1) is 0 Å². The maximum absolute atomic E-state index is 11.3. The van der Waals surface area contributed by atoms with Crippen LogP contribution in [-0.2, 0) is 0 Å². The zero-order chi connectivity index (χ0) is 9.26. The Kier molecular flexibility index (Phi) is 1.70. The number of hydrogen-bond acceptors (Lipinski definition) is 2. The summed E-state index contributed by atoms with van der Waals surface area (Å²) >= 11 is 0. The van der Waals surface area contributed by atoms with Crippen LogP contribution in [0.2, 0.25) is 0 Å². The molecule has 0 atom stereocenters. The third-order valence-corrected chi connectivity index (χ3v) is 1.90. The maximum atomic E-state index is 11.3. The molecule has 0 aliphatic carbocycles. The molecule has 0 saturated carbocycles. The molecule has 3 heteroatoms. The summed E-state index contributed by atoms with van der Waals surface area (Å²) < 4.78 is 0. The first kappa shape index (κ1) is 7.73. The Morgan fingerprint density at radius 3 is 3.08 bits per heavy atom. The lowest BCUT2D eigenvalue weighted by atomic mass is 10.1.